The molecule has 0 unspecified atom stereocenters. The zero-order valence-corrected chi connectivity index (χ0v) is 11.9. The molecule has 104 valence electrons. The fourth-order valence-electron chi connectivity index (χ4n) is 1.73. The average Bonchev–Trinajstić information content (AvgIpc) is 2.46. The van der Waals surface area contributed by atoms with Gasteiger partial charge in [-0.1, -0.05) is 30.7 Å². The van der Waals surface area contributed by atoms with Crippen LogP contribution in [0.3, 0.4) is 0 Å². The number of halogens is 1. The number of nitrogens with zero attached hydrogens (tertiary/aromatic N) is 1. The van der Waals surface area contributed by atoms with E-state index in [2.05, 4.69) is 22.5 Å². The lowest BCUT2D eigenvalue weighted by Crippen LogP contribution is -2.15. The third-order valence-electron chi connectivity index (χ3n) is 2.72. The Balaban J connectivity index is 2.05. The number of carbonyl (C=O) groups excluding carboxylic acids is 1. The molecule has 2 aromatic rings. The number of carbonyl (C=O) groups is 1. The van der Waals surface area contributed by atoms with Crippen LogP contribution in [0.4, 0.5) is 5.69 Å². The van der Waals surface area contributed by atoms with E-state index in [1.54, 1.807) is 12.1 Å². The topological polar surface area (TPSA) is 54.0 Å². The van der Waals surface area contributed by atoms with Crippen LogP contribution < -0.4 is 10.6 Å². The number of hydrogen-bond acceptors (Lipinski definition) is 3. The van der Waals surface area contributed by atoms with Gasteiger partial charge in [0.1, 0.15) is 5.69 Å². The maximum Gasteiger partial charge on any atom is 0.274 e. The van der Waals surface area contributed by atoms with Crippen molar-refractivity contribution >= 4 is 23.2 Å². The number of aromatic nitrogens is 1. The van der Waals surface area contributed by atoms with Gasteiger partial charge in [-0.3, -0.25) is 4.79 Å². The van der Waals surface area contributed by atoms with Crippen molar-refractivity contribution in [1.82, 2.24) is 10.3 Å². The third kappa shape index (κ3) is 4.05. The predicted octanol–water partition coefficient (Wildman–Crippen LogP) is 3.10. The molecule has 1 heterocycles. The van der Waals surface area contributed by atoms with Crippen LogP contribution in [-0.2, 0) is 6.54 Å². The van der Waals surface area contributed by atoms with Crippen LogP contribution in [0.25, 0.3) is 0 Å². The predicted molar refractivity (Wildman–Crippen MR) is 81.0 cm³/mol. The smallest absolute Gasteiger partial charge is 0.274 e. The van der Waals surface area contributed by atoms with Gasteiger partial charge in [0.2, 0.25) is 0 Å². The van der Waals surface area contributed by atoms with Gasteiger partial charge in [-0.25, -0.2) is 4.98 Å². The second-order valence-electron chi connectivity index (χ2n) is 4.30. The molecule has 0 aliphatic heterocycles. The minimum absolute atomic E-state index is 0.248. The average molecular weight is 290 g/mol. The van der Waals surface area contributed by atoms with E-state index < -0.39 is 0 Å². The summed E-state index contributed by atoms with van der Waals surface area (Å²) >= 11 is 5.74. The summed E-state index contributed by atoms with van der Waals surface area (Å²) in [5.74, 6) is -0.248. The monoisotopic (exact) mass is 289 g/mol. The van der Waals surface area contributed by atoms with Gasteiger partial charge >= 0.3 is 0 Å². The standard InChI is InChI=1S/C15H16ClN3O/c1-2-17-9-11-4-3-5-13(8-11)19-15(20)14-7-6-12(16)10-18-14/h3-8,10,17H,2,9H2,1H3,(H,19,20). The first kappa shape index (κ1) is 14.5. The van der Waals surface area contributed by atoms with Crippen LogP contribution >= 0.6 is 11.6 Å². The first-order chi connectivity index (χ1) is 9.69. The molecule has 1 aromatic heterocycles. The highest BCUT2D eigenvalue weighted by molar-refractivity contribution is 6.30. The second-order valence-corrected chi connectivity index (χ2v) is 4.73. The number of rotatable bonds is 5. The lowest BCUT2D eigenvalue weighted by Gasteiger charge is -2.07. The van der Waals surface area contributed by atoms with Gasteiger partial charge in [0.25, 0.3) is 5.91 Å². The number of pyridine rings is 1. The van der Waals surface area contributed by atoms with Crippen LogP contribution in [0.1, 0.15) is 23.0 Å². The molecular weight excluding hydrogens is 274 g/mol. The molecule has 1 aromatic carbocycles. The lowest BCUT2D eigenvalue weighted by molar-refractivity contribution is 0.102. The highest BCUT2D eigenvalue weighted by atomic mass is 35.5. The van der Waals surface area contributed by atoms with Crippen molar-refractivity contribution in [2.24, 2.45) is 0 Å². The minimum Gasteiger partial charge on any atom is -0.321 e. The number of benzene rings is 1. The largest absolute Gasteiger partial charge is 0.321 e. The molecule has 1 amide bonds. The first-order valence-electron chi connectivity index (χ1n) is 6.41. The molecule has 0 aliphatic rings. The van der Waals surface area contributed by atoms with Gasteiger partial charge in [0.15, 0.2) is 0 Å². The summed E-state index contributed by atoms with van der Waals surface area (Å²) in [5.41, 5.74) is 2.21. The zero-order chi connectivity index (χ0) is 14.4. The summed E-state index contributed by atoms with van der Waals surface area (Å²) in [5, 5.41) is 6.57. The first-order valence-corrected chi connectivity index (χ1v) is 6.79. The van der Waals surface area contributed by atoms with E-state index in [9.17, 15) is 4.79 Å². The molecule has 20 heavy (non-hydrogen) atoms. The Labute approximate surface area is 123 Å². The summed E-state index contributed by atoms with van der Waals surface area (Å²) in [6.07, 6.45) is 1.46. The molecule has 0 fully saturated rings. The van der Waals surface area contributed by atoms with E-state index >= 15 is 0 Å². The van der Waals surface area contributed by atoms with E-state index in [1.165, 1.54) is 6.20 Å². The van der Waals surface area contributed by atoms with Crippen molar-refractivity contribution in [3.63, 3.8) is 0 Å². The van der Waals surface area contributed by atoms with Crippen molar-refractivity contribution in [2.45, 2.75) is 13.5 Å². The van der Waals surface area contributed by atoms with E-state index in [-0.39, 0.29) is 5.91 Å². The maximum atomic E-state index is 12.0. The van der Waals surface area contributed by atoms with Crippen LogP contribution in [0.5, 0.6) is 0 Å². The Bertz CT molecular complexity index is 584. The summed E-state index contributed by atoms with van der Waals surface area (Å²) in [7, 11) is 0. The number of hydrogen-bond donors (Lipinski definition) is 2. The summed E-state index contributed by atoms with van der Waals surface area (Å²) in [4.78, 5) is 16.0. The Kier molecular flexibility index (Phi) is 5.09. The number of anilines is 1. The highest BCUT2D eigenvalue weighted by Gasteiger charge is 2.07. The SMILES string of the molecule is CCNCc1cccc(NC(=O)c2ccc(Cl)cn2)c1. The molecule has 2 N–H and O–H groups in total. The summed E-state index contributed by atoms with van der Waals surface area (Å²) in [6, 6.07) is 11.0. The molecule has 4 nitrogen and oxygen atoms in total. The minimum atomic E-state index is -0.248. The van der Waals surface area contributed by atoms with Crippen LogP contribution in [0.15, 0.2) is 42.6 Å². The Hall–Kier alpha value is -1.91. The molecule has 0 atom stereocenters. The molecule has 0 bridgehead atoms. The molecule has 0 radical (unpaired) electrons. The van der Waals surface area contributed by atoms with Crippen molar-refractivity contribution in [3.05, 3.63) is 58.9 Å². The highest BCUT2D eigenvalue weighted by Crippen LogP contribution is 2.12. The second kappa shape index (κ2) is 7.03. The van der Waals surface area contributed by atoms with Crippen LogP contribution in [0, 0.1) is 0 Å². The summed E-state index contributed by atoms with van der Waals surface area (Å²) in [6.45, 7) is 3.74. The van der Waals surface area contributed by atoms with E-state index in [1.807, 2.05) is 24.3 Å². The van der Waals surface area contributed by atoms with Crippen molar-refractivity contribution in [1.29, 1.82) is 0 Å². The Morgan fingerprint density at radius 3 is 2.85 bits per heavy atom. The van der Waals surface area contributed by atoms with E-state index in [4.69, 9.17) is 11.6 Å². The summed E-state index contributed by atoms with van der Waals surface area (Å²) < 4.78 is 0. The van der Waals surface area contributed by atoms with Gasteiger partial charge < -0.3 is 10.6 Å². The van der Waals surface area contributed by atoms with Crippen LogP contribution in [0.2, 0.25) is 5.02 Å². The number of nitrogens with one attached hydrogen (secondary N) is 2. The lowest BCUT2D eigenvalue weighted by atomic mass is 10.2. The Morgan fingerprint density at radius 1 is 1.30 bits per heavy atom. The van der Waals surface area contributed by atoms with Gasteiger partial charge in [0.05, 0.1) is 5.02 Å². The molecule has 5 heteroatoms. The Morgan fingerprint density at radius 2 is 2.15 bits per heavy atom. The molecule has 0 saturated carbocycles. The maximum absolute atomic E-state index is 12.0. The molecular formula is C15H16ClN3O. The van der Waals surface area contributed by atoms with Gasteiger partial charge in [-0.15, -0.1) is 0 Å². The molecule has 0 saturated heterocycles. The van der Waals surface area contributed by atoms with Gasteiger partial charge in [-0.2, -0.15) is 0 Å². The van der Waals surface area contributed by atoms with Crippen LogP contribution in [-0.4, -0.2) is 17.4 Å². The molecule has 0 spiro atoms. The van der Waals surface area contributed by atoms with Crippen molar-refractivity contribution < 1.29 is 4.79 Å². The van der Waals surface area contributed by atoms with Gasteiger partial charge in [0, 0.05) is 18.4 Å². The van der Waals surface area contributed by atoms with Gasteiger partial charge in [-0.05, 0) is 36.4 Å². The number of amides is 1. The molecule has 0 aliphatic carbocycles. The zero-order valence-electron chi connectivity index (χ0n) is 11.2. The fraction of sp³-hybridized carbons (Fsp3) is 0.200. The van der Waals surface area contributed by atoms with Crippen molar-refractivity contribution in [2.75, 3.05) is 11.9 Å². The quantitative estimate of drug-likeness (QED) is 0.889. The van der Waals surface area contributed by atoms with Crippen molar-refractivity contribution in [3.8, 4) is 0 Å². The molecule has 2 rings (SSSR count). The third-order valence-corrected chi connectivity index (χ3v) is 2.95. The van der Waals surface area contributed by atoms with E-state index in [0.29, 0.717) is 10.7 Å². The fourth-order valence-corrected chi connectivity index (χ4v) is 1.85. The van der Waals surface area contributed by atoms with E-state index in [0.717, 1.165) is 24.3 Å². The normalized spacial score (nSPS) is 10.3.